The van der Waals surface area contributed by atoms with E-state index in [9.17, 15) is 10.1 Å². The van der Waals surface area contributed by atoms with Crippen LogP contribution >= 0.6 is 0 Å². The van der Waals surface area contributed by atoms with Crippen LogP contribution in [-0.2, 0) is 11.2 Å². The topological polar surface area (TPSA) is 101 Å². The highest BCUT2D eigenvalue weighted by molar-refractivity contribution is 6.00. The summed E-state index contributed by atoms with van der Waals surface area (Å²) < 4.78 is 16.5. The van der Waals surface area contributed by atoms with Crippen LogP contribution in [0.4, 0.5) is 15.8 Å². The molecule has 1 spiro atoms. The lowest BCUT2D eigenvalue weighted by Gasteiger charge is -2.54. The van der Waals surface area contributed by atoms with Gasteiger partial charge in [-0.15, -0.1) is 0 Å². The Hall–Kier alpha value is -4.71. The first kappa shape index (κ1) is 26.5. The number of likely N-dealkylation sites (tertiary alicyclic amines) is 1. The molecule has 4 heterocycles. The summed E-state index contributed by atoms with van der Waals surface area (Å²) in [5.74, 6) is -0.479. The summed E-state index contributed by atoms with van der Waals surface area (Å²) in [4.78, 5) is 20.4. The Morgan fingerprint density at radius 3 is 2.76 bits per heavy atom. The van der Waals surface area contributed by atoms with Gasteiger partial charge in [-0.2, -0.15) is 10.4 Å². The summed E-state index contributed by atoms with van der Waals surface area (Å²) in [6, 6.07) is 13.7. The molecular formula is C32H32FN7O. The number of rotatable bonds is 7. The third-order valence-corrected chi connectivity index (χ3v) is 8.56. The maximum absolute atomic E-state index is 16.5. The van der Waals surface area contributed by atoms with Crippen LogP contribution in [0.25, 0.3) is 22.0 Å². The van der Waals surface area contributed by atoms with Gasteiger partial charge in [0.15, 0.2) is 5.82 Å². The van der Waals surface area contributed by atoms with E-state index in [0.29, 0.717) is 35.3 Å². The summed E-state index contributed by atoms with van der Waals surface area (Å²) in [5.41, 5.74) is 5.02. The SMILES string of the molecule is C=CC(=O)N1CC2(CCN(c3cc(NCCc4ccccn4)c(F)c(-c4c(C)ccc5[nH]ncc45)c3C#N)CC2)C1. The maximum atomic E-state index is 16.5. The number of hydrogen-bond acceptors (Lipinski definition) is 6. The summed E-state index contributed by atoms with van der Waals surface area (Å²) in [6.45, 7) is 8.92. The molecule has 6 rings (SSSR count). The van der Waals surface area contributed by atoms with Crippen LogP contribution in [-0.4, -0.2) is 58.7 Å². The van der Waals surface area contributed by atoms with Crippen LogP contribution < -0.4 is 10.2 Å². The Balaban J connectivity index is 1.37. The largest absolute Gasteiger partial charge is 0.382 e. The molecule has 2 aliphatic heterocycles. The average molecular weight is 550 g/mol. The van der Waals surface area contributed by atoms with Gasteiger partial charge in [0.1, 0.15) is 6.07 Å². The summed E-state index contributed by atoms with van der Waals surface area (Å²) in [6.07, 6.45) is 7.23. The lowest BCUT2D eigenvalue weighted by atomic mass is 9.71. The van der Waals surface area contributed by atoms with E-state index < -0.39 is 5.82 Å². The number of amides is 1. The highest BCUT2D eigenvalue weighted by Gasteiger charge is 2.46. The first-order valence-corrected chi connectivity index (χ1v) is 13.9. The van der Waals surface area contributed by atoms with Crippen molar-refractivity contribution in [3.63, 3.8) is 0 Å². The Bertz CT molecular complexity index is 1660. The number of piperidine rings is 1. The number of halogens is 1. The van der Waals surface area contributed by atoms with Crippen molar-refractivity contribution in [3.8, 4) is 17.2 Å². The first-order chi connectivity index (χ1) is 19.9. The smallest absolute Gasteiger partial charge is 0.245 e. The minimum atomic E-state index is -0.450. The first-order valence-electron chi connectivity index (χ1n) is 13.9. The van der Waals surface area contributed by atoms with Crippen molar-refractivity contribution in [2.75, 3.05) is 42.9 Å². The zero-order chi connectivity index (χ0) is 28.6. The zero-order valence-corrected chi connectivity index (χ0v) is 23.1. The molecule has 2 N–H and O–H groups in total. The highest BCUT2D eigenvalue weighted by Crippen LogP contribution is 2.45. The van der Waals surface area contributed by atoms with Gasteiger partial charge in [0, 0.05) is 67.4 Å². The molecule has 0 atom stereocenters. The van der Waals surface area contributed by atoms with Crippen LogP contribution in [0.2, 0.25) is 0 Å². The molecule has 0 aliphatic carbocycles. The summed E-state index contributed by atoms with van der Waals surface area (Å²) in [5, 5.41) is 21.7. The van der Waals surface area contributed by atoms with Crippen molar-refractivity contribution in [2.24, 2.45) is 5.41 Å². The third kappa shape index (κ3) is 4.80. The third-order valence-electron chi connectivity index (χ3n) is 8.56. The van der Waals surface area contributed by atoms with E-state index in [1.54, 1.807) is 18.5 Å². The summed E-state index contributed by atoms with van der Waals surface area (Å²) >= 11 is 0. The number of H-pyrrole nitrogens is 1. The minimum Gasteiger partial charge on any atom is -0.382 e. The predicted octanol–water partition coefficient (Wildman–Crippen LogP) is 5.21. The van der Waals surface area contributed by atoms with E-state index in [4.69, 9.17) is 0 Å². The van der Waals surface area contributed by atoms with E-state index in [2.05, 4.69) is 38.0 Å². The number of nitrogens with one attached hydrogen (secondary N) is 2. The number of aromatic nitrogens is 3. The van der Waals surface area contributed by atoms with Gasteiger partial charge in [-0.3, -0.25) is 14.9 Å². The Labute approximate surface area is 238 Å². The van der Waals surface area contributed by atoms with Crippen molar-refractivity contribution in [1.29, 1.82) is 5.26 Å². The molecule has 0 bridgehead atoms. The lowest BCUT2D eigenvalue weighted by molar-refractivity contribution is -0.139. The van der Waals surface area contributed by atoms with Crippen molar-refractivity contribution >= 4 is 28.2 Å². The fraction of sp³-hybridized carbons (Fsp3) is 0.312. The zero-order valence-electron chi connectivity index (χ0n) is 23.1. The van der Waals surface area contributed by atoms with Crippen LogP contribution in [0, 0.1) is 29.5 Å². The van der Waals surface area contributed by atoms with Crippen LogP contribution in [0.15, 0.2) is 61.4 Å². The Kier molecular flexibility index (Phi) is 6.91. The molecule has 1 amide bonds. The molecule has 2 aromatic heterocycles. The molecule has 0 radical (unpaired) electrons. The Morgan fingerprint density at radius 2 is 2.05 bits per heavy atom. The second-order valence-corrected chi connectivity index (χ2v) is 11.1. The number of carbonyl (C=O) groups is 1. The number of aryl methyl sites for hydroxylation is 1. The fourth-order valence-corrected chi connectivity index (χ4v) is 6.29. The molecule has 2 saturated heterocycles. The van der Waals surface area contributed by atoms with Gasteiger partial charge in [0.25, 0.3) is 0 Å². The molecular weight excluding hydrogens is 517 g/mol. The molecule has 0 saturated carbocycles. The van der Waals surface area contributed by atoms with Gasteiger partial charge in [-0.1, -0.05) is 18.7 Å². The number of hydrogen-bond donors (Lipinski definition) is 2. The standard InChI is InChI=1S/C32H32FN7O/c1-3-28(41)40-19-32(20-40)10-14-39(15-11-32)27-16-26(36-13-9-22-6-4-5-12-35-22)31(33)30(23(27)17-34)29-21(2)7-8-25-24(29)18-37-38-25/h3-8,12,16,18,36H,1,9-11,13-15,19-20H2,2H3,(H,37,38). The number of nitriles is 1. The number of pyridine rings is 1. The minimum absolute atomic E-state index is 0.0294. The van der Waals surface area contributed by atoms with E-state index >= 15 is 4.39 Å². The number of benzene rings is 2. The van der Waals surface area contributed by atoms with Gasteiger partial charge < -0.3 is 15.1 Å². The molecule has 8 nitrogen and oxygen atoms in total. The molecule has 208 valence electrons. The quantitative estimate of drug-likeness (QED) is 0.307. The molecule has 2 fully saturated rings. The second kappa shape index (κ2) is 10.7. The van der Waals surface area contributed by atoms with E-state index in [0.717, 1.165) is 66.9 Å². The number of aromatic amines is 1. The van der Waals surface area contributed by atoms with Crippen molar-refractivity contribution in [2.45, 2.75) is 26.2 Å². The fourth-order valence-electron chi connectivity index (χ4n) is 6.29. The number of carbonyl (C=O) groups excluding carboxylic acids is 1. The normalized spacial score (nSPS) is 15.9. The van der Waals surface area contributed by atoms with Crippen LogP contribution in [0.3, 0.4) is 0 Å². The summed E-state index contributed by atoms with van der Waals surface area (Å²) in [7, 11) is 0. The van der Waals surface area contributed by atoms with Crippen molar-refractivity contribution < 1.29 is 9.18 Å². The van der Waals surface area contributed by atoms with Crippen LogP contribution in [0.1, 0.15) is 29.7 Å². The second-order valence-electron chi connectivity index (χ2n) is 11.1. The number of anilines is 2. The number of fused-ring (bicyclic) bond motifs is 1. The van der Waals surface area contributed by atoms with E-state index in [-0.39, 0.29) is 11.3 Å². The van der Waals surface area contributed by atoms with E-state index in [1.807, 2.05) is 42.2 Å². The molecule has 2 aliphatic rings. The molecule has 4 aromatic rings. The molecule has 41 heavy (non-hydrogen) atoms. The molecule has 2 aromatic carbocycles. The van der Waals surface area contributed by atoms with Gasteiger partial charge in [-0.25, -0.2) is 4.39 Å². The average Bonchev–Trinajstić information content (AvgIpc) is 3.46. The predicted molar refractivity (Wildman–Crippen MR) is 158 cm³/mol. The molecule has 0 unspecified atom stereocenters. The van der Waals surface area contributed by atoms with Crippen molar-refractivity contribution in [3.05, 3.63) is 84.1 Å². The van der Waals surface area contributed by atoms with Gasteiger partial charge in [0.05, 0.1) is 28.7 Å². The molecule has 9 heteroatoms. The van der Waals surface area contributed by atoms with Gasteiger partial charge >= 0.3 is 0 Å². The highest BCUT2D eigenvalue weighted by atomic mass is 19.1. The Morgan fingerprint density at radius 1 is 1.24 bits per heavy atom. The lowest BCUT2D eigenvalue weighted by Crippen LogP contribution is -2.61. The maximum Gasteiger partial charge on any atom is 0.245 e. The van der Waals surface area contributed by atoms with Gasteiger partial charge in [0.2, 0.25) is 5.91 Å². The number of nitrogens with zero attached hydrogens (tertiary/aromatic N) is 5. The van der Waals surface area contributed by atoms with E-state index in [1.165, 1.54) is 6.08 Å². The monoisotopic (exact) mass is 549 g/mol. The van der Waals surface area contributed by atoms with Gasteiger partial charge in [-0.05, 0) is 61.2 Å². The van der Waals surface area contributed by atoms with Crippen LogP contribution in [0.5, 0.6) is 0 Å². The van der Waals surface area contributed by atoms with Crippen molar-refractivity contribution in [1.82, 2.24) is 20.1 Å².